The van der Waals surface area contributed by atoms with Crippen molar-refractivity contribution in [3.8, 4) is 0 Å². The summed E-state index contributed by atoms with van der Waals surface area (Å²) in [5.41, 5.74) is 3.98. The van der Waals surface area contributed by atoms with Gasteiger partial charge in [0.05, 0.1) is 18.8 Å². The van der Waals surface area contributed by atoms with Gasteiger partial charge in [0.15, 0.2) is 0 Å². The number of amides is 7. The molecule has 6 atom stereocenters. The number of β-amino-alcohol motifs (C(OH)–C–C–N with tert-alkyl or cyclic N) is 1. The highest BCUT2D eigenvalue weighted by Gasteiger charge is 2.45. The van der Waals surface area contributed by atoms with Crippen molar-refractivity contribution >= 4 is 41.4 Å². The predicted octanol–water partition coefficient (Wildman–Crippen LogP) is 3.49. The maximum absolute atomic E-state index is 13.9. The van der Waals surface area contributed by atoms with Crippen LogP contribution in [-0.2, 0) is 33.6 Å². The summed E-state index contributed by atoms with van der Waals surface area (Å²) in [5, 5.41) is 34.1. The molecule has 1 aliphatic rings. The molecule has 0 aromatic carbocycles. The SMILES string of the molecule is CCCCCCCCCCCCCC(=O)NC(C)(C)C(=O)N1C[C@H](O)C[C@H]1C(=O)NC(CC(C)C)C(=O)N[C@H](C(=O)N[C@@H](CCC(N)=O)C(=O)N[C@H](CO)CC(C)C)C(C)C. The van der Waals surface area contributed by atoms with E-state index in [4.69, 9.17) is 5.73 Å². The zero-order valence-electron chi connectivity index (χ0n) is 38.9. The lowest BCUT2D eigenvalue weighted by Crippen LogP contribution is -2.61. The number of rotatable bonds is 31. The highest BCUT2D eigenvalue weighted by atomic mass is 16.3. The number of nitrogens with one attached hydrogen (secondary N) is 5. The van der Waals surface area contributed by atoms with E-state index in [1.807, 2.05) is 27.7 Å². The Kier molecular flexibility index (Phi) is 26.0. The van der Waals surface area contributed by atoms with Crippen molar-refractivity contribution in [1.82, 2.24) is 31.5 Å². The fourth-order valence-electron chi connectivity index (χ4n) is 7.69. The number of hydrogen-bond acceptors (Lipinski definition) is 9. The van der Waals surface area contributed by atoms with Gasteiger partial charge in [0.25, 0.3) is 0 Å². The van der Waals surface area contributed by atoms with Crippen molar-refractivity contribution in [3.63, 3.8) is 0 Å². The summed E-state index contributed by atoms with van der Waals surface area (Å²) in [4.78, 5) is 94.5. The molecule has 1 rings (SSSR count). The van der Waals surface area contributed by atoms with Gasteiger partial charge in [-0.15, -0.1) is 0 Å². The van der Waals surface area contributed by atoms with Crippen LogP contribution in [-0.4, -0.2) is 111 Å². The van der Waals surface area contributed by atoms with Crippen LogP contribution in [0.1, 0.15) is 171 Å². The summed E-state index contributed by atoms with van der Waals surface area (Å²) >= 11 is 0. The molecule has 1 heterocycles. The topological polar surface area (TPSA) is 249 Å². The lowest BCUT2D eigenvalue weighted by atomic mass is 9.98. The molecular weight excluding hydrogens is 783 g/mol. The van der Waals surface area contributed by atoms with E-state index in [1.165, 1.54) is 49.8 Å². The smallest absolute Gasteiger partial charge is 0.248 e. The average Bonchev–Trinajstić information content (AvgIpc) is 3.56. The van der Waals surface area contributed by atoms with E-state index >= 15 is 0 Å². The quantitative estimate of drug-likeness (QED) is 0.0475. The second-order valence-electron chi connectivity index (χ2n) is 18.8. The molecule has 0 aromatic heterocycles. The van der Waals surface area contributed by atoms with E-state index in [0.717, 1.165) is 19.3 Å². The number of nitrogens with zero attached hydrogens (tertiary/aromatic N) is 1. The first-order valence-electron chi connectivity index (χ1n) is 23.0. The molecule has 1 saturated heterocycles. The van der Waals surface area contributed by atoms with E-state index in [1.54, 1.807) is 27.7 Å². The summed E-state index contributed by atoms with van der Waals surface area (Å²) < 4.78 is 0. The maximum Gasteiger partial charge on any atom is 0.248 e. The standard InChI is InChI=1S/C45H83N7O9/c1-10-11-12-13-14-15-16-17-18-19-20-21-38(56)51-45(8,9)44(61)52-27-33(54)26-36(52)42(59)49-35(25-30(4)5)41(58)50-39(31(6)7)43(60)48-34(22-23-37(46)55)40(57)47-32(28-53)24-29(2)3/h29-36,39,53-54H,10-28H2,1-9H3,(H2,46,55)(H,47,57)(H,48,60)(H,49,59)(H,50,58)(H,51,56)/t32-,33+,34-,35?,36-,39-/m0/s1. The highest BCUT2D eigenvalue weighted by molar-refractivity contribution is 5.97. The third-order valence-electron chi connectivity index (χ3n) is 11.1. The Bertz CT molecular complexity index is 1390. The molecule has 352 valence electrons. The Morgan fingerprint density at radius 3 is 1.75 bits per heavy atom. The van der Waals surface area contributed by atoms with Gasteiger partial charge < -0.3 is 47.4 Å². The van der Waals surface area contributed by atoms with Gasteiger partial charge in [-0.2, -0.15) is 0 Å². The van der Waals surface area contributed by atoms with Crippen molar-refractivity contribution in [3.05, 3.63) is 0 Å². The molecule has 16 nitrogen and oxygen atoms in total. The van der Waals surface area contributed by atoms with Crippen LogP contribution < -0.4 is 32.3 Å². The monoisotopic (exact) mass is 866 g/mol. The number of aliphatic hydroxyl groups is 2. The van der Waals surface area contributed by atoms with Crippen LogP contribution in [0.15, 0.2) is 0 Å². The zero-order valence-corrected chi connectivity index (χ0v) is 38.9. The van der Waals surface area contributed by atoms with Gasteiger partial charge in [-0.05, 0) is 57.3 Å². The van der Waals surface area contributed by atoms with Crippen molar-refractivity contribution in [2.75, 3.05) is 13.2 Å². The number of likely N-dealkylation sites (tertiary alicyclic amines) is 1. The van der Waals surface area contributed by atoms with Gasteiger partial charge in [0.2, 0.25) is 41.4 Å². The van der Waals surface area contributed by atoms with Crippen LogP contribution in [0.25, 0.3) is 0 Å². The van der Waals surface area contributed by atoms with Crippen LogP contribution in [0.4, 0.5) is 0 Å². The van der Waals surface area contributed by atoms with Gasteiger partial charge in [0.1, 0.15) is 29.7 Å². The first-order chi connectivity index (χ1) is 28.6. The summed E-state index contributed by atoms with van der Waals surface area (Å²) in [6.45, 7) is 15.9. The molecule has 0 aliphatic carbocycles. The van der Waals surface area contributed by atoms with E-state index in [-0.39, 0.29) is 63.0 Å². The first kappa shape index (κ1) is 55.2. The Hall–Kier alpha value is -3.79. The molecule has 1 aliphatic heterocycles. The second-order valence-corrected chi connectivity index (χ2v) is 18.8. The molecule has 0 saturated carbocycles. The lowest BCUT2D eigenvalue weighted by molar-refractivity contribution is -0.145. The van der Waals surface area contributed by atoms with Gasteiger partial charge in [-0.1, -0.05) is 113 Å². The van der Waals surface area contributed by atoms with E-state index < -0.39 is 83.2 Å². The molecule has 61 heavy (non-hydrogen) atoms. The molecule has 7 amide bonds. The number of carbonyl (C=O) groups is 7. The lowest BCUT2D eigenvalue weighted by Gasteiger charge is -2.34. The highest BCUT2D eigenvalue weighted by Crippen LogP contribution is 2.23. The number of nitrogens with two attached hydrogens (primary N) is 1. The number of carbonyl (C=O) groups excluding carboxylic acids is 7. The summed E-state index contributed by atoms with van der Waals surface area (Å²) in [6.07, 6.45) is 12.2. The van der Waals surface area contributed by atoms with Crippen molar-refractivity contribution in [1.29, 1.82) is 0 Å². The van der Waals surface area contributed by atoms with Crippen LogP contribution in [0.3, 0.4) is 0 Å². The number of aliphatic hydroxyl groups excluding tert-OH is 2. The Labute approximate surface area is 365 Å². The minimum atomic E-state index is -1.37. The second kappa shape index (κ2) is 28.7. The summed E-state index contributed by atoms with van der Waals surface area (Å²) in [5.74, 6) is -4.53. The minimum absolute atomic E-state index is 0.0730. The van der Waals surface area contributed by atoms with Crippen molar-refractivity contribution in [2.45, 2.75) is 213 Å². The van der Waals surface area contributed by atoms with E-state index in [9.17, 15) is 43.8 Å². The molecule has 16 heteroatoms. The normalized spacial score (nSPS) is 17.4. The molecular formula is C45H83N7O9. The Balaban J connectivity index is 2.99. The van der Waals surface area contributed by atoms with Crippen LogP contribution in [0.2, 0.25) is 0 Å². The van der Waals surface area contributed by atoms with Gasteiger partial charge in [-0.3, -0.25) is 33.6 Å². The number of primary amides is 1. The number of hydrogen-bond donors (Lipinski definition) is 8. The third-order valence-corrected chi connectivity index (χ3v) is 11.1. The summed E-state index contributed by atoms with van der Waals surface area (Å²) in [7, 11) is 0. The van der Waals surface area contributed by atoms with Crippen LogP contribution in [0, 0.1) is 17.8 Å². The fourth-order valence-corrected chi connectivity index (χ4v) is 7.69. The minimum Gasteiger partial charge on any atom is -0.394 e. The largest absolute Gasteiger partial charge is 0.394 e. The van der Waals surface area contributed by atoms with Crippen LogP contribution >= 0.6 is 0 Å². The van der Waals surface area contributed by atoms with Gasteiger partial charge >= 0.3 is 0 Å². The van der Waals surface area contributed by atoms with Gasteiger partial charge in [-0.25, -0.2) is 0 Å². The van der Waals surface area contributed by atoms with E-state index in [0.29, 0.717) is 12.8 Å². The van der Waals surface area contributed by atoms with Crippen molar-refractivity contribution < 1.29 is 43.8 Å². The fraction of sp³-hybridized carbons (Fsp3) is 0.844. The van der Waals surface area contributed by atoms with Crippen LogP contribution in [0.5, 0.6) is 0 Å². The van der Waals surface area contributed by atoms with Gasteiger partial charge in [0, 0.05) is 25.8 Å². The molecule has 0 radical (unpaired) electrons. The predicted molar refractivity (Wildman–Crippen MR) is 236 cm³/mol. The Morgan fingerprint density at radius 1 is 0.705 bits per heavy atom. The maximum atomic E-state index is 13.9. The molecule has 0 aromatic rings. The van der Waals surface area contributed by atoms with Crippen molar-refractivity contribution in [2.24, 2.45) is 23.5 Å². The zero-order chi connectivity index (χ0) is 46.3. The average molecular weight is 866 g/mol. The molecule has 1 unspecified atom stereocenters. The summed E-state index contributed by atoms with van der Waals surface area (Å²) in [6, 6.07) is -5.19. The number of unbranched alkanes of at least 4 members (excludes halogenated alkanes) is 10. The molecule has 0 bridgehead atoms. The van der Waals surface area contributed by atoms with E-state index in [2.05, 4.69) is 33.5 Å². The molecule has 9 N–H and O–H groups in total. The third kappa shape index (κ3) is 21.7. The molecule has 1 fully saturated rings. The molecule has 0 spiro atoms. The Morgan fingerprint density at radius 2 is 1.25 bits per heavy atom. The first-order valence-corrected chi connectivity index (χ1v) is 23.0.